The Morgan fingerprint density at radius 3 is 2.77 bits per heavy atom. The highest BCUT2D eigenvalue weighted by Gasteiger charge is 2.28. The second kappa shape index (κ2) is 6.94. The van der Waals surface area contributed by atoms with E-state index in [1.807, 2.05) is 49.1 Å². The summed E-state index contributed by atoms with van der Waals surface area (Å²) >= 11 is 0. The first-order chi connectivity index (χ1) is 10.2. The van der Waals surface area contributed by atoms with Crippen LogP contribution in [0.5, 0.6) is 0 Å². The zero-order valence-corrected chi connectivity index (χ0v) is 13.5. The second-order valence-electron chi connectivity index (χ2n) is 5.35. The van der Waals surface area contributed by atoms with Gasteiger partial charge in [0.25, 0.3) is 5.91 Å². The molecule has 2 aromatic rings. The Morgan fingerprint density at radius 2 is 2.09 bits per heavy atom. The van der Waals surface area contributed by atoms with E-state index in [0.29, 0.717) is 23.9 Å². The molecule has 22 heavy (non-hydrogen) atoms. The minimum absolute atomic E-state index is 0. The van der Waals surface area contributed by atoms with Crippen molar-refractivity contribution >= 4 is 18.3 Å². The molecule has 6 heteroatoms. The van der Waals surface area contributed by atoms with Crippen LogP contribution in [-0.2, 0) is 0 Å². The first kappa shape index (κ1) is 16.5. The molecule has 0 bridgehead atoms. The van der Waals surface area contributed by atoms with E-state index in [4.69, 9.17) is 4.42 Å². The molecule has 5 nitrogen and oxygen atoms in total. The van der Waals surface area contributed by atoms with Crippen molar-refractivity contribution in [2.75, 3.05) is 19.6 Å². The van der Waals surface area contributed by atoms with Gasteiger partial charge in [0.15, 0.2) is 0 Å². The molecule has 1 N–H and O–H groups in total. The van der Waals surface area contributed by atoms with Gasteiger partial charge in [-0.25, -0.2) is 4.98 Å². The van der Waals surface area contributed by atoms with E-state index in [9.17, 15) is 4.79 Å². The molecule has 0 aliphatic carbocycles. The lowest BCUT2D eigenvalue weighted by atomic mass is 10.2. The predicted molar refractivity (Wildman–Crippen MR) is 87.3 cm³/mol. The number of rotatable bonds is 2. The van der Waals surface area contributed by atoms with Gasteiger partial charge < -0.3 is 14.6 Å². The molecule has 1 amide bonds. The maximum Gasteiger partial charge on any atom is 0.291 e. The van der Waals surface area contributed by atoms with Crippen molar-refractivity contribution in [1.29, 1.82) is 0 Å². The molecular formula is C16H20ClN3O2. The number of halogens is 1. The monoisotopic (exact) mass is 321 g/mol. The van der Waals surface area contributed by atoms with Crippen LogP contribution in [0, 0.1) is 6.92 Å². The first-order valence-corrected chi connectivity index (χ1v) is 7.21. The fourth-order valence-electron chi connectivity index (χ4n) is 2.57. The third-order valence-corrected chi connectivity index (χ3v) is 3.77. The van der Waals surface area contributed by atoms with E-state index in [1.54, 1.807) is 0 Å². The largest absolute Gasteiger partial charge is 0.431 e. The third kappa shape index (κ3) is 3.15. The van der Waals surface area contributed by atoms with E-state index >= 15 is 0 Å². The van der Waals surface area contributed by atoms with Gasteiger partial charge in [-0.2, -0.15) is 0 Å². The highest BCUT2D eigenvalue weighted by atomic mass is 35.5. The van der Waals surface area contributed by atoms with Crippen molar-refractivity contribution in [3.8, 4) is 11.5 Å². The number of aromatic nitrogens is 1. The zero-order valence-electron chi connectivity index (χ0n) is 12.7. The van der Waals surface area contributed by atoms with Crippen LogP contribution in [0.1, 0.15) is 23.2 Å². The summed E-state index contributed by atoms with van der Waals surface area (Å²) in [5.41, 5.74) is 1.53. The second-order valence-corrected chi connectivity index (χ2v) is 5.35. The summed E-state index contributed by atoms with van der Waals surface area (Å²) in [6, 6.07) is 9.80. The number of oxazole rings is 1. The van der Waals surface area contributed by atoms with Gasteiger partial charge >= 0.3 is 0 Å². The molecule has 2 heterocycles. The van der Waals surface area contributed by atoms with Crippen molar-refractivity contribution in [2.45, 2.75) is 19.9 Å². The number of benzene rings is 1. The molecule has 1 aromatic carbocycles. The highest BCUT2D eigenvalue weighted by molar-refractivity contribution is 5.93. The summed E-state index contributed by atoms with van der Waals surface area (Å²) in [6.07, 6.45) is 0. The Labute approximate surface area is 136 Å². The molecule has 0 unspecified atom stereocenters. The number of carbonyl (C=O) groups is 1. The smallest absolute Gasteiger partial charge is 0.291 e. The van der Waals surface area contributed by atoms with Crippen LogP contribution >= 0.6 is 12.4 Å². The van der Waals surface area contributed by atoms with Gasteiger partial charge in [-0.05, 0) is 26.0 Å². The van der Waals surface area contributed by atoms with Crippen LogP contribution in [0.4, 0.5) is 0 Å². The maximum absolute atomic E-state index is 12.6. The molecule has 1 aliphatic rings. The lowest BCUT2D eigenvalue weighted by Gasteiger charge is -2.33. The Balaban J connectivity index is 0.00000176. The van der Waals surface area contributed by atoms with Gasteiger partial charge in [0.2, 0.25) is 11.7 Å². The van der Waals surface area contributed by atoms with E-state index in [-0.39, 0.29) is 24.4 Å². The zero-order chi connectivity index (χ0) is 14.8. The summed E-state index contributed by atoms with van der Waals surface area (Å²) in [5, 5.41) is 3.28. The molecule has 0 spiro atoms. The van der Waals surface area contributed by atoms with E-state index < -0.39 is 0 Å². The summed E-state index contributed by atoms with van der Waals surface area (Å²) in [5.74, 6) is 0.776. The quantitative estimate of drug-likeness (QED) is 0.923. The Bertz CT molecular complexity index is 642. The molecule has 0 saturated carbocycles. The number of piperazine rings is 1. The minimum atomic E-state index is -0.0730. The minimum Gasteiger partial charge on any atom is -0.431 e. The van der Waals surface area contributed by atoms with Crippen LogP contribution < -0.4 is 5.32 Å². The van der Waals surface area contributed by atoms with Crippen molar-refractivity contribution < 1.29 is 9.21 Å². The predicted octanol–water partition coefficient (Wildman–Crippen LogP) is 2.51. The fourth-order valence-corrected chi connectivity index (χ4v) is 2.57. The topological polar surface area (TPSA) is 58.4 Å². The normalized spacial score (nSPS) is 17.9. The first-order valence-electron chi connectivity index (χ1n) is 7.21. The van der Waals surface area contributed by atoms with Crippen LogP contribution in [0.3, 0.4) is 0 Å². The molecule has 3 rings (SSSR count). The number of nitrogens with zero attached hydrogens (tertiary/aromatic N) is 2. The van der Waals surface area contributed by atoms with E-state index in [1.165, 1.54) is 0 Å². The SMILES string of the molecule is Cc1nc(-c2ccccc2)oc1C(=O)N1CCNC[C@H]1C.Cl. The molecule has 0 radical (unpaired) electrons. The van der Waals surface area contributed by atoms with Crippen molar-refractivity contribution in [3.05, 3.63) is 41.8 Å². The van der Waals surface area contributed by atoms with Crippen molar-refractivity contribution in [3.63, 3.8) is 0 Å². The van der Waals surface area contributed by atoms with E-state index in [0.717, 1.165) is 18.7 Å². The lowest BCUT2D eigenvalue weighted by Crippen LogP contribution is -2.52. The average molecular weight is 322 g/mol. The molecule has 1 fully saturated rings. The van der Waals surface area contributed by atoms with Gasteiger partial charge in [0, 0.05) is 31.2 Å². The number of aryl methyl sites for hydroxylation is 1. The standard InChI is InChI=1S/C16H19N3O2.ClH/c1-11-10-17-8-9-19(11)16(20)14-12(2)18-15(21-14)13-6-4-3-5-7-13;/h3-7,11,17H,8-10H2,1-2H3;1H/t11-;/m1./s1. The summed E-state index contributed by atoms with van der Waals surface area (Å²) < 4.78 is 5.74. The molecule has 1 saturated heterocycles. The van der Waals surface area contributed by atoms with Crippen molar-refractivity contribution in [1.82, 2.24) is 15.2 Å². The number of amides is 1. The van der Waals surface area contributed by atoms with Crippen LogP contribution in [0.25, 0.3) is 11.5 Å². The number of hydrogen-bond acceptors (Lipinski definition) is 4. The Hall–Kier alpha value is -1.85. The molecule has 118 valence electrons. The average Bonchev–Trinajstić information content (AvgIpc) is 2.90. The van der Waals surface area contributed by atoms with Crippen LogP contribution in [0.2, 0.25) is 0 Å². The van der Waals surface area contributed by atoms with Gasteiger partial charge in [0.05, 0.1) is 5.69 Å². The summed E-state index contributed by atoms with van der Waals surface area (Å²) in [6.45, 7) is 6.17. The summed E-state index contributed by atoms with van der Waals surface area (Å²) in [4.78, 5) is 18.9. The number of nitrogens with one attached hydrogen (secondary N) is 1. The third-order valence-electron chi connectivity index (χ3n) is 3.77. The Kier molecular flexibility index (Phi) is 5.21. The summed E-state index contributed by atoms with van der Waals surface area (Å²) in [7, 11) is 0. The highest BCUT2D eigenvalue weighted by Crippen LogP contribution is 2.23. The fraction of sp³-hybridized carbons (Fsp3) is 0.375. The van der Waals surface area contributed by atoms with Crippen LogP contribution in [0.15, 0.2) is 34.7 Å². The molecule has 1 aliphatic heterocycles. The van der Waals surface area contributed by atoms with Gasteiger partial charge in [-0.3, -0.25) is 4.79 Å². The van der Waals surface area contributed by atoms with E-state index in [2.05, 4.69) is 10.3 Å². The van der Waals surface area contributed by atoms with Crippen LogP contribution in [-0.4, -0.2) is 41.5 Å². The Morgan fingerprint density at radius 1 is 1.36 bits per heavy atom. The molecular weight excluding hydrogens is 302 g/mol. The number of hydrogen-bond donors (Lipinski definition) is 1. The van der Waals surface area contributed by atoms with Crippen molar-refractivity contribution in [2.24, 2.45) is 0 Å². The lowest BCUT2D eigenvalue weighted by molar-refractivity contribution is 0.0623. The van der Waals surface area contributed by atoms with Gasteiger partial charge in [0.1, 0.15) is 0 Å². The molecule has 1 atom stereocenters. The molecule has 1 aromatic heterocycles. The number of carbonyl (C=O) groups excluding carboxylic acids is 1. The maximum atomic E-state index is 12.6. The van der Waals surface area contributed by atoms with Gasteiger partial charge in [-0.1, -0.05) is 18.2 Å². The van der Waals surface area contributed by atoms with Gasteiger partial charge in [-0.15, -0.1) is 12.4 Å².